The highest BCUT2D eigenvalue weighted by Crippen LogP contribution is 2.32. The molecule has 0 saturated carbocycles. The molecule has 0 unspecified atom stereocenters. The second-order valence-electron chi connectivity index (χ2n) is 9.06. The van der Waals surface area contributed by atoms with E-state index in [0.29, 0.717) is 61.8 Å². The predicted octanol–water partition coefficient (Wildman–Crippen LogP) is 3.20. The Labute approximate surface area is 221 Å². The monoisotopic (exact) mass is 524 g/mol. The van der Waals surface area contributed by atoms with Gasteiger partial charge in [-0.15, -0.1) is 0 Å². The van der Waals surface area contributed by atoms with Gasteiger partial charge in [0, 0.05) is 50.5 Å². The quantitative estimate of drug-likeness (QED) is 0.534. The number of carbonyl (C=O) groups excluding carboxylic acids is 3. The van der Waals surface area contributed by atoms with Gasteiger partial charge < -0.3 is 19.7 Å². The van der Waals surface area contributed by atoms with Crippen LogP contribution in [0, 0.1) is 5.82 Å². The van der Waals surface area contributed by atoms with Gasteiger partial charge in [0.1, 0.15) is 11.6 Å². The summed E-state index contributed by atoms with van der Waals surface area (Å²) >= 11 is 0. The molecule has 4 rings (SSSR count). The van der Waals surface area contributed by atoms with Gasteiger partial charge in [0.05, 0.1) is 25.3 Å². The number of carbonyl (C=O) groups is 3. The van der Waals surface area contributed by atoms with E-state index in [1.165, 1.54) is 17.0 Å². The SMILES string of the molecule is CCOC(=O)C1=C(CN2CCN(C(=O)c3cccc(OC)c3)CC2)N(CC)C(=O)N[C@H]1c1cccc(F)c1. The van der Waals surface area contributed by atoms with Crippen LogP contribution in [0.3, 0.4) is 0 Å². The maximum Gasteiger partial charge on any atom is 0.338 e. The Bertz CT molecular complexity index is 1230. The molecule has 1 saturated heterocycles. The first kappa shape index (κ1) is 27.1. The average Bonchev–Trinajstić information content (AvgIpc) is 2.93. The summed E-state index contributed by atoms with van der Waals surface area (Å²) in [5.74, 6) is -0.470. The number of nitrogens with zero attached hydrogens (tertiary/aromatic N) is 3. The number of ether oxygens (including phenoxy) is 2. The van der Waals surface area contributed by atoms with Crippen LogP contribution in [0.25, 0.3) is 0 Å². The number of hydrogen-bond donors (Lipinski definition) is 1. The van der Waals surface area contributed by atoms with Crippen molar-refractivity contribution in [3.8, 4) is 5.75 Å². The number of likely N-dealkylation sites (N-methyl/N-ethyl adjacent to an activating group) is 1. The Morgan fingerprint density at radius 2 is 1.79 bits per heavy atom. The van der Waals surface area contributed by atoms with Crippen LogP contribution in [0.2, 0.25) is 0 Å². The van der Waals surface area contributed by atoms with Crippen molar-refractivity contribution in [2.24, 2.45) is 0 Å². The molecule has 0 bridgehead atoms. The molecule has 0 aromatic heterocycles. The minimum Gasteiger partial charge on any atom is -0.497 e. The first-order chi connectivity index (χ1) is 18.4. The van der Waals surface area contributed by atoms with Crippen molar-refractivity contribution in [3.63, 3.8) is 0 Å². The summed E-state index contributed by atoms with van der Waals surface area (Å²) in [6.45, 7) is 6.45. The maximum absolute atomic E-state index is 14.1. The highest BCUT2D eigenvalue weighted by Gasteiger charge is 2.38. The summed E-state index contributed by atoms with van der Waals surface area (Å²) in [5.41, 5.74) is 1.83. The van der Waals surface area contributed by atoms with Crippen molar-refractivity contribution in [1.29, 1.82) is 0 Å². The molecule has 0 spiro atoms. The second kappa shape index (κ2) is 12.1. The van der Waals surface area contributed by atoms with Gasteiger partial charge in [0.2, 0.25) is 0 Å². The molecule has 2 aliphatic rings. The van der Waals surface area contributed by atoms with Crippen LogP contribution < -0.4 is 10.1 Å². The van der Waals surface area contributed by atoms with Gasteiger partial charge in [-0.05, 0) is 49.7 Å². The van der Waals surface area contributed by atoms with Gasteiger partial charge in [-0.1, -0.05) is 18.2 Å². The zero-order valence-electron chi connectivity index (χ0n) is 21.9. The molecule has 3 amide bonds. The molecule has 1 N–H and O–H groups in total. The number of urea groups is 1. The summed E-state index contributed by atoms with van der Waals surface area (Å²) in [6, 6.07) is 11.7. The Hall–Kier alpha value is -3.92. The lowest BCUT2D eigenvalue weighted by molar-refractivity contribution is -0.139. The highest BCUT2D eigenvalue weighted by atomic mass is 19.1. The predicted molar refractivity (Wildman–Crippen MR) is 139 cm³/mol. The number of methoxy groups -OCH3 is 1. The number of piperazine rings is 1. The van der Waals surface area contributed by atoms with Gasteiger partial charge >= 0.3 is 12.0 Å². The van der Waals surface area contributed by atoms with E-state index < -0.39 is 17.8 Å². The van der Waals surface area contributed by atoms with Crippen molar-refractivity contribution in [3.05, 3.63) is 76.7 Å². The van der Waals surface area contributed by atoms with Gasteiger partial charge in [-0.25, -0.2) is 14.0 Å². The number of benzene rings is 2. The number of esters is 1. The third-order valence-electron chi connectivity index (χ3n) is 6.78. The number of nitrogens with one attached hydrogen (secondary N) is 1. The topological polar surface area (TPSA) is 91.4 Å². The Morgan fingerprint density at radius 1 is 1.05 bits per heavy atom. The molecule has 38 heavy (non-hydrogen) atoms. The van der Waals surface area contributed by atoms with E-state index in [1.807, 2.05) is 6.92 Å². The van der Waals surface area contributed by atoms with E-state index >= 15 is 0 Å². The van der Waals surface area contributed by atoms with Crippen molar-refractivity contribution in [2.45, 2.75) is 19.9 Å². The summed E-state index contributed by atoms with van der Waals surface area (Å²) in [5, 5.41) is 2.85. The van der Waals surface area contributed by atoms with Crippen LogP contribution in [0.4, 0.5) is 9.18 Å². The fourth-order valence-electron chi connectivity index (χ4n) is 4.85. The second-order valence-corrected chi connectivity index (χ2v) is 9.06. The summed E-state index contributed by atoms with van der Waals surface area (Å²) in [7, 11) is 1.56. The zero-order chi connectivity index (χ0) is 27.2. The van der Waals surface area contributed by atoms with Crippen LogP contribution in [-0.4, -0.2) is 85.6 Å². The molecular weight excluding hydrogens is 491 g/mol. The maximum atomic E-state index is 14.1. The van der Waals surface area contributed by atoms with Crippen LogP contribution in [0.1, 0.15) is 35.8 Å². The minimum absolute atomic E-state index is 0.0756. The van der Waals surface area contributed by atoms with Crippen LogP contribution in [0.5, 0.6) is 5.75 Å². The van der Waals surface area contributed by atoms with Gasteiger partial charge in [-0.3, -0.25) is 14.6 Å². The zero-order valence-corrected chi connectivity index (χ0v) is 21.9. The summed E-state index contributed by atoms with van der Waals surface area (Å²) in [6.07, 6.45) is 0. The first-order valence-electron chi connectivity index (χ1n) is 12.8. The van der Waals surface area contributed by atoms with Crippen molar-refractivity contribution in [2.75, 3.05) is 53.0 Å². The molecule has 9 nitrogen and oxygen atoms in total. The highest BCUT2D eigenvalue weighted by molar-refractivity contribution is 5.95. The van der Waals surface area contributed by atoms with Gasteiger partial charge in [-0.2, -0.15) is 0 Å². The fraction of sp³-hybridized carbons (Fsp3) is 0.393. The molecule has 2 aromatic rings. The smallest absolute Gasteiger partial charge is 0.338 e. The number of rotatable bonds is 8. The molecule has 1 atom stereocenters. The molecular formula is C28H33FN4O5. The normalized spacial score (nSPS) is 18.3. The third kappa shape index (κ3) is 5.80. The minimum atomic E-state index is -0.842. The molecule has 10 heteroatoms. The van der Waals surface area contributed by atoms with E-state index in [9.17, 15) is 18.8 Å². The van der Waals surface area contributed by atoms with E-state index in [0.717, 1.165) is 0 Å². The lowest BCUT2D eigenvalue weighted by Gasteiger charge is -2.40. The van der Waals surface area contributed by atoms with Gasteiger partial charge in [0.15, 0.2) is 0 Å². The van der Waals surface area contributed by atoms with Crippen molar-refractivity contribution < 1.29 is 28.2 Å². The van der Waals surface area contributed by atoms with Crippen LogP contribution >= 0.6 is 0 Å². The number of hydrogen-bond acceptors (Lipinski definition) is 6. The third-order valence-corrected chi connectivity index (χ3v) is 6.78. The summed E-state index contributed by atoms with van der Waals surface area (Å²) in [4.78, 5) is 44.7. The van der Waals surface area contributed by atoms with Gasteiger partial charge in [0.25, 0.3) is 5.91 Å². The average molecular weight is 525 g/mol. The van der Waals surface area contributed by atoms with Crippen LogP contribution in [0.15, 0.2) is 59.8 Å². The van der Waals surface area contributed by atoms with E-state index in [1.54, 1.807) is 55.3 Å². The molecule has 0 aliphatic carbocycles. The molecule has 2 aliphatic heterocycles. The van der Waals surface area contributed by atoms with Crippen molar-refractivity contribution >= 4 is 17.9 Å². The lowest BCUT2D eigenvalue weighted by Crippen LogP contribution is -2.53. The van der Waals surface area contributed by atoms with Crippen molar-refractivity contribution in [1.82, 2.24) is 20.0 Å². The first-order valence-corrected chi connectivity index (χ1v) is 12.8. The lowest BCUT2D eigenvalue weighted by atomic mass is 9.94. The Kier molecular flexibility index (Phi) is 8.62. The standard InChI is InChI=1S/C28H33FN4O5/c1-4-33-23(18-31-12-14-32(15-13-31)26(34)20-9-7-11-22(17-20)37-3)24(27(35)38-5-2)25(30-28(33)36)19-8-6-10-21(29)16-19/h6-11,16-17,25H,4-5,12-15,18H2,1-3H3,(H,30,36)/t25-/m0/s1. The Morgan fingerprint density at radius 3 is 2.45 bits per heavy atom. The van der Waals surface area contributed by atoms with Crippen LogP contribution in [-0.2, 0) is 9.53 Å². The number of amides is 3. The molecule has 202 valence electrons. The molecule has 1 fully saturated rings. The Balaban J connectivity index is 1.58. The molecule has 2 aromatic carbocycles. The molecule has 0 radical (unpaired) electrons. The number of halogens is 1. The fourth-order valence-corrected chi connectivity index (χ4v) is 4.85. The summed E-state index contributed by atoms with van der Waals surface area (Å²) < 4.78 is 24.7. The largest absolute Gasteiger partial charge is 0.497 e. The van der Waals surface area contributed by atoms with E-state index in [4.69, 9.17) is 9.47 Å². The van der Waals surface area contributed by atoms with E-state index in [2.05, 4.69) is 10.2 Å². The molecule has 2 heterocycles. The van der Waals surface area contributed by atoms with E-state index in [-0.39, 0.29) is 24.1 Å².